The topological polar surface area (TPSA) is 47.1 Å². The van der Waals surface area contributed by atoms with E-state index in [4.69, 9.17) is 5.73 Å². The van der Waals surface area contributed by atoms with E-state index in [9.17, 15) is 0 Å². The van der Waals surface area contributed by atoms with Crippen LogP contribution in [-0.2, 0) is 6.54 Å². The van der Waals surface area contributed by atoms with Gasteiger partial charge in [-0.25, -0.2) is 4.98 Å². The molecule has 0 saturated carbocycles. The zero-order valence-electron chi connectivity index (χ0n) is 8.47. The predicted octanol–water partition coefficient (Wildman–Crippen LogP) is 0.306. The highest BCUT2D eigenvalue weighted by Gasteiger charge is 2.22. The SMILES string of the molecule is NCC1CCCN1CCn1ccnc1. The van der Waals surface area contributed by atoms with Gasteiger partial charge < -0.3 is 10.3 Å². The minimum absolute atomic E-state index is 0.610. The summed E-state index contributed by atoms with van der Waals surface area (Å²) in [7, 11) is 0. The van der Waals surface area contributed by atoms with Gasteiger partial charge in [0.05, 0.1) is 6.33 Å². The van der Waals surface area contributed by atoms with E-state index in [1.807, 2.05) is 18.7 Å². The molecule has 0 bridgehead atoms. The molecule has 0 spiro atoms. The van der Waals surface area contributed by atoms with Crippen LogP contribution in [0.4, 0.5) is 0 Å². The average Bonchev–Trinajstić information content (AvgIpc) is 2.85. The highest BCUT2D eigenvalue weighted by atomic mass is 15.2. The number of imidazole rings is 1. The second-order valence-electron chi connectivity index (χ2n) is 3.87. The fraction of sp³-hybridized carbons (Fsp3) is 0.700. The Morgan fingerprint density at radius 2 is 2.36 bits per heavy atom. The van der Waals surface area contributed by atoms with E-state index in [1.165, 1.54) is 19.4 Å². The van der Waals surface area contributed by atoms with E-state index in [0.717, 1.165) is 19.6 Å². The van der Waals surface area contributed by atoms with Crippen LogP contribution in [-0.4, -0.2) is 40.1 Å². The Bertz CT molecular complexity index is 257. The number of rotatable bonds is 4. The summed E-state index contributed by atoms with van der Waals surface area (Å²) in [6.45, 7) is 4.12. The van der Waals surface area contributed by atoms with E-state index >= 15 is 0 Å². The third kappa shape index (κ3) is 2.13. The highest BCUT2D eigenvalue weighted by molar-refractivity contribution is 4.81. The van der Waals surface area contributed by atoms with Crippen molar-refractivity contribution in [1.29, 1.82) is 0 Å². The Morgan fingerprint density at radius 1 is 1.43 bits per heavy atom. The monoisotopic (exact) mass is 194 g/mol. The van der Waals surface area contributed by atoms with E-state index < -0.39 is 0 Å². The molecule has 0 radical (unpaired) electrons. The van der Waals surface area contributed by atoms with Crippen LogP contribution in [0.3, 0.4) is 0 Å². The Morgan fingerprint density at radius 3 is 3.07 bits per heavy atom. The molecule has 1 saturated heterocycles. The summed E-state index contributed by atoms with van der Waals surface area (Å²) in [5.41, 5.74) is 5.71. The van der Waals surface area contributed by atoms with Crippen LogP contribution >= 0.6 is 0 Å². The number of nitrogens with zero attached hydrogens (tertiary/aromatic N) is 3. The molecule has 0 aromatic carbocycles. The van der Waals surface area contributed by atoms with Gasteiger partial charge in [0.15, 0.2) is 0 Å². The second kappa shape index (κ2) is 4.57. The van der Waals surface area contributed by atoms with Crippen molar-refractivity contribution in [3.05, 3.63) is 18.7 Å². The van der Waals surface area contributed by atoms with E-state index in [0.29, 0.717) is 6.04 Å². The molecule has 1 unspecified atom stereocenters. The minimum Gasteiger partial charge on any atom is -0.336 e. The van der Waals surface area contributed by atoms with Crippen molar-refractivity contribution in [2.45, 2.75) is 25.4 Å². The predicted molar refractivity (Wildman–Crippen MR) is 55.9 cm³/mol. The molecule has 4 heteroatoms. The summed E-state index contributed by atoms with van der Waals surface area (Å²) in [5.74, 6) is 0. The maximum absolute atomic E-state index is 5.71. The van der Waals surface area contributed by atoms with Crippen LogP contribution in [0.1, 0.15) is 12.8 Å². The van der Waals surface area contributed by atoms with Gasteiger partial charge in [-0.1, -0.05) is 0 Å². The van der Waals surface area contributed by atoms with Crippen molar-refractivity contribution < 1.29 is 0 Å². The van der Waals surface area contributed by atoms with Crippen molar-refractivity contribution in [1.82, 2.24) is 14.5 Å². The summed E-state index contributed by atoms with van der Waals surface area (Å²) < 4.78 is 2.12. The molecule has 1 atom stereocenters. The quantitative estimate of drug-likeness (QED) is 0.750. The van der Waals surface area contributed by atoms with Gasteiger partial charge in [-0.2, -0.15) is 0 Å². The first-order valence-corrected chi connectivity index (χ1v) is 5.30. The van der Waals surface area contributed by atoms with Gasteiger partial charge in [0.25, 0.3) is 0 Å². The Kier molecular flexibility index (Phi) is 3.16. The van der Waals surface area contributed by atoms with Gasteiger partial charge in [-0.15, -0.1) is 0 Å². The Labute approximate surface area is 84.7 Å². The molecule has 1 aromatic heterocycles. The summed E-state index contributed by atoms with van der Waals surface area (Å²) in [5, 5.41) is 0. The number of hydrogen-bond acceptors (Lipinski definition) is 3. The Hall–Kier alpha value is -0.870. The van der Waals surface area contributed by atoms with Gasteiger partial charge in [0, 0.05) is 38.1 Å². The van der Waals surface area contributed by atoms with Crippen LogP contribution in [0.2, 0.25) is 0 Å². The molecule has 78 valence electrons. The van der Waals surface area contributed by atoms with Crippen LogP contribution in [0.15, 0.2) is 18.7 Å². The lowest BCUT2D eigenvalue weighted by Crippen LogP contribution is -2.37. The molecule has 1 aliphatic heterocycles. The molecule has 1 aliphatic rings. The van der Waals surface area contributed by atoms with Gasteiger partial charge >= 0.3 is 0 Å². The van der Waals surface area contributed by atoms with E-state index in [2.05, 4.69) is 14.5 Å². The van der Waals surface area contributed by atoms with Crippen molar-refractivity contribution >= 4 is 0 Å². The molecule has 2 N–H and O–H groups in total. The first-order chi connectivity index (χ1) is 6.90. The van der Waals surface area contributed by atoms with Gasteiger partial charge in [0.1, 0.15) is 0 Å². The fourth-order valence-electron chi connectivity index (χ4n) is 2.12. The maximum atomic E-state index is 5.71. The lowest BCUT2D eigenvalue weighted by atomic mass is 10.2. The molecule has 14 heavy (non-hydrogen) atoms. The van der Waals surface area contributed by atoms with E-state index in [-0.39, 0.29) is 0 Å². The number of aromatic nitrogens is 2. The largest absolute Gasteiger partial charge is 0.336 e. The number of likely N-dealkylation sites (tertiary alicyclic amines) is 1. The summed E-state index contributed by atoms with van der Waals surface area (Å²) in [6.07, 6.45) is 8.26. The zero-order valence-corrected chi connectivity index (χ0v) is 8.47. The molecule has 1 fully saturated rings. The molecule has 2 heterocycles. The summed E-state index contributed by atoms with van der Waals surface area (Å²) in [4.78, 5) is 6.51. The normalized spacial score (nSPS) is 23.1. The number of hydrogen-bond donors (Lipinski definition) is 1. The van der Waals surface area contributed by atoms with Crippen LogP contribution < -0.4 is 5.73 Å². The third-order valence-corrected chi connectivity index (χ3v) is 2.98. The molecular formula is C10H18N4. The lowest BCUT2D eigenvalue weighted by Gasteiger charge is -2.22. The van der Waals surface area contributed by atoms with Gasteiger partial charge in [-0.05, 0) is 19.4 Å². The molecule has 4 nitrogen and oxygen atoms in total. The highest BCUT2D eigenvalue weighted by Crippen LogP contribution is 2.15. The van der Waals surface area contributed by atoms with Gasteiger partial charge in [0.2, 0.25) is 0 Å². The molecule has 0 aliphatic carbocycles. The third-order valence-electron chi connectivity index (χ3n) is 2.98. The lowest BCUT2D eigenvalue weighted by molar-refractivity contribution is 0.248. The molecule has 2 rings (SSSR count). The Balaban J connectivity index is 1.80. The molecule has 0 amide bonds. The smallest absolute Gasteiger partial charge is 0.0946 e. The zero-order chi connectivity index (χ0) is 9.80. The van der Waals surface area contributed by atoms with Crippen LogP contribution in [0.5, 0.6) is 0 Å². The van der Waals surface area contributed by atoms with Crippen LogP contribution in [0, 0.1) is 0 Å². The van der Waals surface area contributed by atoms with Crippen molar-refractivity contribution in [3.63, 3.8) is 0 Å². The molecular weight excluding hydrogens is 176 g/mol. The first kappa shape index (κ1) is 9.68. The summed E-state index contributed by atoms with van der Waals surface area (Å²) in [6, 6.07) is 0.610. The number of nitrogens with two attached hydrogens (primary N) is 1. The standard InChI is InChI=1S/C10H18N4/c11-8-10-2-1-4-14(10)7-6-13-5-3-12-9-13/h3,5,9-10H,1-2,4,6-8,11H2. The first-order valence-electron chi connectivity index (χ1n) is 5.30. The fourth-order valence-corrected chi connectivity index (χ4v) is 2.12. The summed E-state index contributed by atoms with van der Waals surface area (Å²) >= 11 is 0. The van der Waals surface area contributed by atoms with Crippen molar-refractivity contribution in [2.24, 2.45) is 5.73 Å². The maximum Gasteiger partial charge on any atom is 0.0946 e. The minimum atomic E-state index is 0.610. The molecule has 1 aromatic rings. The average molecular weight is 194 g/mol. The van der Waals surface area contributed by atoms with Crippen molar-refractivity contribution in [2.75, 3.05) is 19.6 Å². The van der Waals surface area contributed by atoms with Gasteiger partial charge in [-0.3, -0.25) is 4.90 Å². The van der Waals surface area contributed by atoms with Crippen molar-refractivity contribution in [3.8, 4) is 0 Å². The van der Waals surface area contributed by atoms with Crippen LogP contribution in [0.25, 0.3) is 0 Å². The van der Waals surface area contributed by atoms with E-state index in [1.54, 1.807) is 0 Å². The second-order valence-corrected chi connectivity index (χ2v) is 3.87.